The van der Waals surface area contributed by atoms with Crippen molar-refractivity contribution in [2.75, 3.05) is 18.4 Å². The molecule has 0 saturated heterocycles. The second-order valence-electron chi connectivity index (χ2n) is 6.45. The Morgan fingerprint density at radius 1 is 1.17 bits per heavy atom. The topological polar surface area (TPSA) is 88.3 Å². The molecule has 1 N–H and O–H groups in total. The summed E-state index contributed by atoms with van der Waals surface area (Å²) in [5.41, 5.74) is 1.18. The number of hydrogen-bond acceptors (Lipinski definition) is 6. The van der Waals surface area contributed by atoms with Crippen LogP contribution in [-0.4, -0.2) is 39.9 Å². The second-order valence-corrected chi connectivity index (χ2v) is 7.40. The Hall–Kier alpha value is -3.00. The Balaban J connectivity index is 1.50. The Morgan fingerprint density at radius 2 is 2.00 bits per heavy atom. The number of nitrogens with zero attached hydrogens (tertiary/aromatic N) is 3. The van der Waals surface area contributed by atoms with E-state index in [9.17, 15) is 9.59 Å². The normalized spacial score (nSPS) is 10.7. The van der Waals surface area contributed by atoms with Gasteiger partial charge in [-0.05, 0) is 49.9 Å². The van der Waals surface area contributed by atoms with Crippen molar-refractivity contribution >= 4 is 28.8 Å². The van der Waals surface area contributed by atoms with Gasteiger partial charge in [-0.1, -0.05) is 17.3 Å². The molecule has 0 aliphatic carbocycles. The Labute approximate surface area is 173 Å². The molecule has 0 saturated carbocycles. The molecule has 0 unspecified atom stereocenters. The van der Waals surface area contributed by atoms with Crippen molar-refractivity contribution in [2.45, 2.75) is 33.1 Å². The molecule has 3 rings (SSSR count). The first-order valence-electron chi connectivity index (χ1n) is 9.66. The number of rotatable bonds is 9. The first-order chi connectivity index (χ1) is 14.1. The molecule has 8 heteroatoms. The Bertz CT molecular complexity index is 949. The molecule has 0 aliphatic heterocycles. The van der Waals surface area contributed by atoms with E-state index in [1.807, 2.05) is 31.4 Å². The minimum atomic E-state index is -0.115. The van der Waals surface area contributed by atoms with Crippen LogP contribution in [0.2, 0.25) is 0 Å². The van der Waals surface area contributed by atoms with E-state index >= 15 is 0 Å². The fourth-order valence-corrected chi connectivity index (χ4v) is 3.56. The largest absolute Gasteiger partial charge is 0.339 e. The predicted molar refractivity (Wildman–Crippen MR) is 113 cm³/mol. The minimum absolute atomic E-state index is 0.0379. The van der Waals surface area contributed by atoms with E-state index in [2.05, 4.69) is 15.5 Å². The molecule has 2 amide bonds. The first-order valence-corrected chi connectivity index (χ1v) is 10.5. The Kier molecular flexibility index (Phi) is 7.13. The quantitative estimate of drug-likeness (QED) is 0.568. The maximum absolute atomic E-state index is 12.5. The summed E-state index contributed by atoms with van der Waals surface area (Å²) in [7, 11) is 0. The average Bonchev–Trinajstić information content (AvgIpc) is 3.41. The molecule has 1 aromatic carbocycles. The number of amides is 2. The molecule has 3 aromatic rings. The van der Waals surface area contributed by atoms with E-state index < -0.39 is 0 Å². The fraction of sp³-hybridized carbons (Fsp3) is 0.333. The van der Waals surface area contributed by atoms with Crippen molar-refractivity contribution in [3.05, 3.63) is 53.2 Å². The van der Waals surface area contributed by atoms with Gasteiger partial charge < -0.3 is 14.7 Å². The zero-order chi connectivity index (χ0) is 20.6. The van der Waals surface area contributed by atoms with Crippen LogP contribution < -0.4 is 5.32 Å². The van der Waals surface area contributed by atoms with Gasteiger partial charge in [0.15, 0.2) is 0 Å². The lowest BCUT2D eigenvalue weighted by atomic mass is 10.1. The maximum Gasteiger partial charge on any atom is 0.253 e. The number of thiophene rings is 1. The van der Waals surface area contributed by atoms with Crippen molar-refractivity contribution < 1.29 is 14.1 Å². The van der Waals surface area contributed by atoms with Crippen LogP contribution in [0, 0.1) is 0 Å². The van der Waals surface area contributed by atoms with Crippen LogP contribution in [0.15, 0.2) is 46.3 Å². The van der Waals surface area contributed by atoms with Gasteiger partial charge in [-0.3, -0.25) is 9.59 Å². The van der Waals surface area contributed by atoms with Crippen LogP contribution in [0.1, 0.15) is 42.9 Å². The molecule has 2 aromatic heterocycles. The number of carbonyl (C=O) groups is 2. The van der Waals surface area contributed by atoms with E-state index in [4.69, 9.17) is 4.52 Å². The highest BCUT2D eigenvalue weighted by molar-refractivity contribution is 7.13. The molecule has 29 heavy (non-hydrogen) atoms. The van der Waals surface area contributed by atoms with Gasteiger partial charge in [-0.25, -0.2) is 0 Å². The highest BCUT2D eigenvalue weighted by Crippen LogP contribution is 2.21. The molecule has 152 valence electrons. The molecule has 0 atom stereocenters. The summed E-state index contributed by atoms with van der Waals surface area (Å²) >= 11 is 1.55. The molecule has 0 radical (unpaired) electrons. The van der Waals surface area contributed by atoms with Crippen LogP contribution in [0.3, 0.4) is 0 Å². The van der Waals surface area contributed by atoms with Crippen LogP contribution >= 0.6 is 11.3 Å². The van der Waals surface area contributed by atoms with Gasteiger partial charge in [0.05, 0.1) is 4.88 Å². The highest BCUT2D eigenvalue weighted by Gasteiger charge is 2.14. The smallest absolute Gasteiger partial charge is 0.253 e. The summed E-state index contributed by atoms with van der Waals surface area (Å²) in [5, 5.41) is 8.78. The standard InChI is InChI=1S/C21H24N4O3S/c1-3-25(4-2)21(27)15-8-5-9-16(14-15)22-18(26)11-6-12-19-23-20(24-28-19)17-10-7-13-29-17/h5,7-10,13-14H,3-4,6,11-12H2,1-2H3,(H,22,26). The van der Waals surface area contributed by atoms with E-state index in [1.54, 1.807) is 40.5 Å². The number of anilines is 1. The predicted octanol–water partition coefficient (Wildman–Crippen LogP) is 4.24. The summed E-state index contributed by atoms with van der Waals surface area (Å²) in [6.07, 6.45) is 1.45. The summed E-state index contributed by atoms with van der Waals surface area (Å²) in [4.78, 5) is 31.8. The monoisotopic (exact) mass is 412 g/mol. The number of aromatic nitrogens is 2. The molecule has 0 fully saturated rings. The van der Waals surface area contributed by atoms with Crippen LogP contribution in [-0.2, 0) is 11.2 Å². The van der Waals surface area contributed by atoms with Gasteiger partial charge in [0.25, 0.3) is 5.91 Å². The van der Waals surface area contributed by atoms with E-state index in [1.165, 1.54) is 0 Å². The van der Waals surface area contributed by atoms with Gasteiger partial charge in [-0.2, -0.15) is 4.98 Å². The summed E-state index contributed by atoms with van der Waals surface area (Å²) in [6.45, 7) is 5.19. The van der Waals surface area contributed by atoms with Crippen molar-refractivity contribution in [3.63, 3.8) is 0 Å². The zero-order valence-electron chi connectivity index (χ0n) is 16.6. The minimum Gasteiger partial charge on any atom is -0.339 e. The van der Waals surface area contributed by atoms with Gasteiger partial charge in [0.2, 0.25) is 17.6 Å². The lowest BCUT2D eigenvalue weighted by Gasteiger charge is -2.19. The number of hydrogen-bond donors (Lipinski definition) is 1. The number of aryl methyl sites for hydroxylation is 1. The molecule has 0 bridgehead atoms. The van der Waals surface area contributed by atoms with Gasteiger partial charge in [-0.15, -0.1) is 11.3 Å². The van der Waals surface area contributed by atoms with Gasteiger partial charge in [0.1, 0.15) is 0 Å². The highest BCUT2D eigenvalue weighted by atomic mass is 32.1. The third-order valence-electron chi connectivity index (χ3n) is 4.45. The lowest BCUT2D eigenvalue weighted by Crippen LogP contribution is -2.30. The molecule has 7 nitrogen and oxygen atoms in total. The molecular weight excluding hydrogens is 388 g/mol. The molecular formula is C21H24N4O3S. The molecule has 0 spiro atoms. The summed E-state index contributed by atoms with van der Waals surface area (Å²) < 4.78 is 5.25. The van der Waals surface area contributed by atoms with E-state index in [-0.39, 0.29) is 11.8 Å². The van der Waals surface area contributed by atoms with Crippen LogP contribution in [0.25, 0.3) is 10.7 Å². The maximum atomic E-state index is 12.5. The number of nitrogens with one attached hydrogen (secondary N) is 1. The lowest BCUT2D eigenvalue weighted by molar-refractivity contribution is -0.116. The van der Waals surface area contributed by atoms with Crippen LogP contribution in [0.5, 0.6) is 0 Å². The zero-order valence-corrected chi connectivity index (χ0v) is 17.4. The van der Waals surface area contributed by atoms with Gasteiger partial charge in [0, 0.05) is 37.2 Å². The van der Waals surface area contributed by atoms with Crippen molar-refractivity contribution in [2.24, 2.45) is 0 Å². The second kappa shape index (κ2) is 9.97. The third kappa shape index (κ3) is 5.51. The molecule has 2 heterocycles. The van der Waals surface area contributed by atoms with E-state index in [0.29, 0.717) is 55.3 Å². The number of carbonyl (C=O) groups excluding carboxylic acids is 2. The molecule has 0 aliphatic rings. The Morgan fingerprint density at radius 3 is 2.72 bits per heavy atom. The van der Waals surface area contributed by atoms with Gasteiger partial charge >= 0.3 is 0 Å². The van der Waals surface area contributed by atoms with Crippen LogP contribution in [0.4, 0.5) is 5.69 Å². The fourth-order valence-electron chi connectivity index (χ4n) is 2.91. The third-order valence-corrected chi connectivity index (χ3v) is 5.31. The van der Waals surface area contributed by atoms with Crippen molar-refractivity contribution in [1.29, 1.82) is 0 Å². The average molecular weight is 413 g/mol. The van der Waals surface area contributed by atoms with E-state index in [0.717, 1.165) is 4.88 Å². The SMILES string of the molecule is CCN(CC)C(=O)c1cccc(NC(=O)CCCc2nc(-c3cccs3)no2)c1. The van der Waals surface area contributed by atoms with Crippen molar-refractivity contribution in [3.8, 4) is 10.7 Å². The summed E-state index contributed by atoms with van der Waals surface area (Å²) in [6, 6.07) is 10.9. The summed E-state index contributed by atoms with van der Waals surface area (Å²) in [5.74, 6) is 0.946. The number of benzene rings is 1. The first kappa shape index (κ1) is 20.7. The van der Waals surface area contributed by atoms with Crippen molar-refractivity contribution in [1.82, 2.24) is 15.0 Å².